The van der Waals surface area contributed by atoms with E-state index in [1.165, 1.54) is 45.5 Å². The van der Waals surface area contributed by atoms with Crippen molar-refractivity contribution in [2.24, 2.45) is 0 Å². The molecule has 2 aromatic carbocycles. The molecular weight excluding hydrogens is 420 g/mol. The second kappa shape index (κ2) is 8.73. The van der Waals surface area contributed by atoms with Gasteiger partial charge in [-0.3, -0.25) is 29.4 Å². The van der Waals surface area contributed by atoms with Crippen molar-refractivity contribution in [3.8, 4) is 24.7 Å². The Bertz CT molecular complexity index is 1440. The predicted molar refractivity (Wildman–Crippen MR) is 116 cm³/mol. The summed E-state index contributed by atoms with van der Waals surface area (Å²) in [6.45, 7) is 0.271. The molecule has 0 aliphatic rings. The molecule has 0 radical (unpaired) electrons. The molecule has 0 unspecified atom stereocenters. The number of rotatable bonds is 4. The van der Waals surface area contributed by atoms with Crippen molar-refractivity contribution in [1.29, 1.82) is 0 Å². The van der Waals surface area contributed by atoms with Gasteiger partial charge in [-0.1, -0.05) is 11.8 Å². The number of non-ortho nitro benzene ring substituents is 2. The normalized spacial score (nSPS) is 10.2. The largest absolute Gasteiger partial charge is 0.327 e. The number of hydrogen-bond donors (Lipinski definition) is 2. The monoisotopic (exact) mass is 434 g/mol. The average molecular weight is 434 g/mol. The van der Waals surface area contributed by atoms with E-state index in [0.29, 0.717) is 22.1 Å². The van der Waals surface area contributed by atoms with Crippen LogP contribution < -0.4 is 11.4 Å². The second-order valence-corrected chi connectivity index (χ2v) is 6.36. The molecule has 160 valence electrons. The van der Waals surface area contributed by atoms with Crippen LogP contribution >= 0.6 is 0 Å². The first kappa shape index (κ1) is 21.6. The molecule has 2 aromatic heterocycles. The van der Waals surface area contributed by atoms with Crippen LogP contribution in [0, 0.1) is 44.9 Å². The van der Waals surface area contributed by atoms with Crippen LogP contribution in [0.1, 0.15) is 0 Å². The molecule has 4 rings (SSSR count). The number of aromatic nitrogens is 4. The van der Waals surface area contributed by atoms with E-state index in [2.05, 4.69) is 21.8 Å². The van der Waals surface area contributed by atoms with E-state index in [9.17, 15) is 29.8 Å². The minimum absolute atomic E-state index is 0.0680. The predicted octanol–water partition coefficient (Wildman–Crippen LogP) is 1.74. The topological polar surface area (TPSA) is 162 Å². The molecule has 0 atom stereocenters. The summed E-state index contributed by atoms with van der Waals surface area (Å²) in [7, 11) is 0. The van der Waals surface area contributed by atoms with Gasteiger partial charge in [0.05, 0.1) is 45.0 Å². The maximum atomic E-state index is 11.5. The quantitative estimate of drug-likeness (QED) is 0.282. The summed E-state index contributed by atoms with van der Waals surface area (Å²) in [6, 6.07) is 8.30. The van der Waals surface area contributed by atoms with Gasteiger partial charge >= 0.3 is 11.4 Å². The highest BCUT2D eigenvalue weighted by Crippen LogP contribution is 2.19. The molecule has 12 nitrogen and oxygen atoms in total. The van der Waals surface area contributed by atoms with Crippen molar-refractivity contribution in [2.45, 2.75) is 13.1 Å². The fourth-order valence-corrected chi connectivity index (χ4v) is 3.03. The number of aromatic amines is 2. The Labute approximate surface area is 178 Å². The van der Waals surface area contributed by atoms with E-state index < -0.39 is 9.85 Å². The molecule has 0 amide bonds. The van der Waals surface area contributed by atoms with Crippen molar-refractivity contribution < 1.29 is 9.85 Å². The molecule has 12 heteroatoms. The van der Waals surface area contributed by atoms with Gasteiger partial charge in [0.1, 0.15) is 0 Å². The van der Waals surface area contributed by atoms with Crippen LogP contribution in [-0.4, -0.2) is 28.9 Å². The van der Waals surface area contributed by atoms with Crippen LogP contribution in [0.3, 0.4) is 0 Å². The van der Waals surface area contributed by atoms with Gasteiger partial charge in [0.15, 0.2) is 0 Å². The number of nitro groups is 2. The van der Waals surface area contributed by atoms with Crippen molar-refractivity contribution >= 4 is 33.4 Å². The molecule has 0 saturated heterocycles. The summed E-state index contributed by atoms with van der Waals surface area (Å²) in [6.07, 6.45) is 10.3. The maximum absolute atomic E-state index is 11.5. The smallest absolute Gasteiger partial charge is 0.305 e. The SMILES string of the molecule is C#CCn1c(=O)[nH]c2cc([N+](=O)[O-])ccc21.C#CCn1c(=O)[nH]c2cc([N+](=O)[O-])ccc21. The Hall–Kier alpha value is -5.10. The van der Waals surface area contributed by atoms with Crippen LogP contribution in [0.25, 0.3) is 22.1 Å². The van der Waals surface area contributed by atoms with Gasteiger partial charge in [-0.25, -0.2) is 9.59 Å². The fraction of sp³-hybridized carbons (Fsp3) is 0.100. The van der Waals surface area contributed by atoms with Crippen molar-refractivity contribution in [3.63, 3.8) is 0 Å². The van der Waals surface area contributed by atoms with E-state index in [4.69, 9.17) is 12.8 Å². The minimum Gasteiger partial charge on any atom is -0.305 e. The molecular formula is C20H14N6O6. The summed E-state index contributed by atoms with van der Waals surface area (Å²) in [5, 5.41) is 21.1. The lowest BCUT2D eigenvalue weighted by Gasteiger charge is -1.96. The zero-order chi connectivity index (χ0) is 23.4. The number of benzene rings is 2. The van der Waals surface area contributed by atoms with Gasteiger partial charge in [-0.2, -0.15) is 0 Å². The number of nitrogens with zero attached hydrogens (tertiary/aromatic N) is 4. The van der Waals surface area contributed by atoms with E-state index in [-0.39, 0.29) is 35.8 Å². The summed E-state index contributed by atoms with van der Waals surface area (Å²) < 4.78 is 2.69. The number of nitro benzene ring substituents is 2. The molecule has 32 heavy (non-hydrogen) atoms. The van der Waals surface area contributed by atoms with Crippen LogP contribution in [-0.2, 0) is 13.1 Å². The summed E-state index contributed by atoms with van der Waals surface area (Å²) >= 11 is 0. The van der Waals surface area contributed by atoms with Crippen molar-refractivity contribution in [2.75, 3.05) is 0 Å². The maximum Gasteiger partial charge on any atom is 0.327 e. The number of nitrogens with one attached hydrogen (secondary N) is 2. The van der Waals surface area contributed by atoms with E-state index in [0.717, 1.165) is 0 Å². The summed E-state index contributed by atoms with van der Waals surface area (Å²) in [5.74, 6) is 4.70. The van der Waals surface area contributed by atoms with Crippen LogP contribution in [0.15, 0.2) is 46.0 Å². The van der Waals surface area contributed by atoms with Crippen LogP contribution in [0.2, 0.25) is 0 Å². The lowest BCUT2D eigenvalue weighted by Crippen LogP contribution is -2.15. The number of fused-ring (bicyclic) bond motifs is 2. The lowest BCUT2D eigenvalue weighted by molar-refractivity contribution is -0.384. The van der Waals surface area contributed by atoms with Crippen molar-refractivity contribution in [1.82, 2.24) is 19.1 Å². The zero-order valence-electron chi connectivity index (χ0n) is 16.3. The molecule has 2 heterocycles. The van der Waals surface area contributed by atoms with Gasteiger partial charge in [0.2, 0.25) is 0 Å². The van der Waals surface area contributed by atoms with Gasteiger partial charge in [0.25, 0.3) is 11.4 Å². The lowest BCUT2D eigenvalue weighted by atomic mass is 10.3. The number of terminal acetylenes is 2. The molecule has 0 bridgehead atoms. The molecule has 0 fully saturated rings. The van der Waals surface area contributed by atoms with Gasteiger partial charge in [-0.15, -0.1) is 12.8 Å². The van der Waals surface area contributed by atoms with E-state index in [1.807, 2.05) is 0 Å². The van der Waals surface area contributed by atoms with E-state index >= 15 is 0 Å². The zero-order valence-corrected chi connectivity index (χ0v) is 16.3. The highest BCUT2D eigenvalue weighted by Gasteiger charge is 2.12. The summed E-state index contributed by atoms with van der Waals surface area (Å²) in [5.41, 5.74) is 1.08. The molecule has 0 aliphatic heterocycles. The third kappa shape index (κ3) is 4.10. The number of imidazole rings is 2. The number of H-pyrrole nitrogens is 2. The Morgan fingerprint density at radius 2 is 1.16 bits per heavy atom. The summed E-state index contributed by atoms with van der Waals surface area (Å²) in [4.78, 5) is 48.0. The molecule has 4 aromatic rings. The third-order valence-electron chi connectivity index (χ3n) is 4.44. The Morgan fingerprint density at radius 1 is 0.781 bits per heavy atom. The third-order valence-corrected chi connectivity index (χ3v) is 4.44. The molecule has 0 aliphatic carbocycles. The van der Waals surface area contributed by atoms with E-state index in [1.54, 1.807) is 0 Å². The fourth-order valence-electron chi connectivity index (χ4n) is 3.03. The van der Waals surface area contributed by atoms with Gasteiger partial charge in [0, 0.05) is 24.3 Å². The Kier molecular flexibility index (Phi) is 5.89. The highest BCUT2D eigenvalue weighted by atomic mass is 16.6. The molecule has 0 saturated carbocycles. The highest BCUT2D eigenvalue weighted by molar-refractivity contribution is 5.78. The molecule has 2 N–H and O–H groups in total. The Balaban J connectivity index is 0.000000181. The second-order valence-electron chi connectivity index (χ2n) is 6.36. The van der Waals surface area contributed by atoms with Crippen LogP contribution in [0.4, 0.5) is 11.4 Å². The first-order valence-electron chi connectivity index (χ1n) is 8.87. The van der Waals surface area contributed by atoms with Gasteiger partial charge in [-0.05, 0) is 12.1 Å². The average Bonchev–Trinajstić information content (AvgIpc) is 3.24. The van der Waals surface area contributed by atoms with Crippen LogP contribution in [0.5, 0.6) is 0 Å². The Morgan fingerprint density at radius 3 is 1.47 bits per heavy atom. The van der Waals surface area contributed by atoms with Crippen molar-refractivity contribution in [3.05, 3.63) is 77.6 Å². The van der Waals surface area contributed by atoms with Gasteiger partial charge < -0.3 is 9.97 Å². The first-order chi connectivity index (χ1) is 15.3. The molecule has 0 spiro atoms. The number of hydrogen-bond acceptors (Lipinski definition) is 6. The first-order valence-corrected chi connectivity index (χ1v) is 8.87. The minimum atomic E-state index is -0.518. The standard InChI is InChI=1S/2C10H7N3O3/c2*1-2-5-12-9-4-3-7(13(15)16)6-8(9)11-10(12)14/h2*1,3-4,6H,5H2,(H,11,14).